The molecule has 1 fully saturated rings. The van der Waals surface area contributed by atoms with Crippen molar-refractivity contribution in [2.45, 2.75) is 114 Å². The van der Waals surface area contributed by atoms with E-state index in [2.05, 4.69) is 73.7 Å². The zero-order chi connectivity index (χ0) is 91.6. The number of pyridine rings is 5. The molecule has 2 amide bonds. The summed E-state index contributed by atoms with van der Waals surface area (Å²) in [4.78, 5) is 103. The van der Waals surface area contributed by atoms with Crippen molar-refractivity contribution < 1.29 is 28.4 Å². The van der Waals surface area contributed by atoms with Crippen LogP contribution in [0.25, 0.3) is 53.9 Å². The fraction of sp³-hybridized carbons (Fsp3) is 0.255. The van der Waals surface area contributed by atoms with Gasteiger partial charge in [0, 0.05) is 175 Å². The molecule has 6 atom stereocenters. The van der Waals surface area contributed by atoms with Crippen LogP contribution in [0.15, 0.2) is 279 Å². The quantitative estimate of drug-likeness (QED) is 0.0134. The van der Waals surface area contributed by atoms with Gasteiger partial charge in [0.1, 0.15) is 17.3 Å². The summed E-state index contributed by atoms with van der Waals surface area (Å²) in [5.41, 5.74) is 56.5. The highest BCUT2D eigenvalue weighted by Crippen LogP contribution is 2.35. The average Bonchev–Trinajstić information content (AvgIpc) is 1.49. The van der Waals surface area contributed by atoms with Crippen LogP contribution >= 0.6 is 34.0 Å². The molecule has 15 rings (SSSR count). The highest BCUT2D eigenvalue weighted by molar-refractivity contribution is 7.10. The van der Waals surface area contributed by atoms with Gasteiger partial charge in [0.15, 0.2) is 35.6 Å². The summed E-state index contributed by atoms with van der Waals surface area (Å²) in [5.74, 6) is -0.542. The predicted molar refractivity (Wildman–Crippen MR) is 522 cm³/mol. The molecule has 31 heteroatoms. The summed E-state index contributed by atoms with van der Waals surface area (Å²) in [5, 5.41) is 32.8. The van der Waals surface area contributed by atoms with Crippen LogP contribution in [0.2, 0.25) is 0 Å². The second-order valence-corrected chi connectivity index (χ2v) is 34.2. The molecular weight excluding hydrogens is 1680 g/mol. The number of rotatable bonds is 33. The maximum atomic E-state index is 14.8. The Bertz CT molecular complexity index is 6180. The van der Waals surface area contributed by atoms with Crippen LogP contribution in [0.4, 0.5) is 15.8 Å². The van der Waals surface area contributed by atoms with Gasteiger partial charge in [-0.2, -0.15) is 22.7 Å². The summed E-state index contributed by atoms with van der Waals surface area (Å²) in [6.07, 6.45) is 26.6. The van der Waals surface area contributed by atoms with Crippen molar-refractivity contribution in [1.29, 1.82) is 5.41 Å². The number of nitrogens with one attached hydrogen (secondary N) is 3. The molecule has 0 radical (unpaired) electrons. The molecule has 0 spiro atoms. The highest BCUT2D eigenvalue weighted by atomic mass is 32.1. The van der Waals surface area contributed by atoms with Gasteiger partial charge in [0.25, 0.3) is 0 Å². The number of thiophene rings is 3. The van der Waals surface area contributed by atoms with Gasteiger partial charge >= 0.3 is 0 Å². The van der Waals surface area contributed by atoms with Crippen molar-refractivity contribution in [2.24, 2.45) is 89.3 Å². The fourth-order valence-electron chi connectivity index (χ4n) is 15.3. The first kappa shape index (κ1) is 95.4. The number of carbonyl (C=O) groups is 5. The lowest BCUT2D eigenvalue weighted by Crippen LogP contribution is -2.41. The second kappa shape index (κ2) is 48.4. The highest BCUT2D eigenvalue weighted by Gasteiger charge is 2.28. The van der Waals surface area contributed by atoms with Gasteiger partial charge < -0.3 is 67.1 Å². The number of ketones is 3. The van der Waals surface area contributed by atoms with Gasteiger partial charge in [-0.3, -0.25) is 69.3 Å². The molecule has 14 aromatic rings. The third kappa shape index (κ3) is 29.9. The van der Waals surface area contributed by atoms with E-state index in [1.54, 1.807) is 90.4 Å². The van der Waals surface area contributed by atoms with Gasteiger partial charge in [0.05, 0.1) is 30.2 Å². The standard InChI is InChI=1S/C21H22FN5O.C20H22N4OS.C20H26N4O.C19H20N4OS.C18H19N5OS/c1-27(21(23)24)13-16(11-14-5-3-2-4-6-14)20(28)26-18-8-7-15-12-25-10-9-17(15)19(18)22;1-13(9-17(24-20(21)22)19-3-2-8-26-19)18(25)11-14-4-5-16-12-23-7-6-15(16)10-14;21-20(22)24-19(15-3-1-2-4-15)8-7-18(25)12-14-5-6-17-13-23-10-9-16(17)11-14;20-19(21)23-7-4-17(16-5-8-25-12-16)18(24)10-13-1-2-15-11-22-6-3-14(15)9-13;19-18(20)22-10-15(14-4-6-25-11-14)8-17(24)23-16-2-1-13-9-21-5-3-12(13)7-16/h2-10,12,16H,11,13H2,1H3,(H3,23,24)(H,26,28);2-8,10,12-13,17H,9,11H2,1H3,(H4,21,22,24);5-6,9-11,13,15,19H,1-4,7-8,12H2,(H4,21,22,24);1-3,5-6,8-9,11-12,17H,4,7,10H2,(H4,20,21,23);1-7,9,11,15H,8,10H2,(H,23,24)(H4,19,20,22). The van der Waals surface area contributed by atoms with Crippen LogP contribution in [0, 0.1) is 29.0 Å². The number of anilines is 2. The molecule has 666 valence electrons. The fourth-order valence-corrected chi connectivity index (χ4v) is 17.5. The molecule has 1 aliphatic carbocycles. The van der Waals surface area contributed by atoms with Crippen LogP contribution in [-0.4, -0.2) is 122 Å². The first-order valence-electron chi connectivity index (χ1n) is 42.3. The molecule has 21 N–H and O–H groups in total. The van der Waals surface area contributed by atoms with E-state index < -0.39 is 11.7 Å². The lowest BCUT2D eigenvalue weighted by atomic mass is 9.90. The van der Waals surface area contributed by atoms with E-state index in [1.807, 2.05) is 186 Å². The minimum Gasteiger partial charge on any atom is -0.370 e. The third-order valence-electron chi connectivity index (χ3n) is 22.1. The lowest BCUT2D eigenvalue weighted by molar-refractivity contribution is -0.122. The maximum Gasteiger partial charge on any atom is 0.229 e. The SMILES string of the molecule is CC(CC(N=C(N)N)c1cccs1)C(=O)Cc1ccc2cnccc2c1.CN(CC(Cc1ccccc1)C(=O)Nc1ccc2cnccc2c1F)C(=N)N.NC(N)=NC(CCC(=O)Cc1ccc2cnccc2c1)C1CCCC1.NC(N)=NCC(CC(=O)Nc1ccc2cnccc2c1)c1ccsc1.NC(N)=NCCC(C(=O)Cc1ccc2cnccc2c1)c1ccsc1. The largest absolute Gasteiger partial charge is 0.370 e. The Kier molecular flexibility index (Phi) is 35.8. The number of fused-ring (bicyclic) bond motifs is 5. The van der Waals surface area contributed by atoms with Crippen molar-refractivity contribution in [3.63, 3.8) is 0 Å². The Balaban J connectivity index is 0.000000156. The van der Waals surface area contributed by atoms with Crippen molar-refractivity contribution >= 4 is 158 Å². The molecule has 6 unspecified atom stereocenters. The number of hydrogen-bond acceptors (Lipinski definition) is 18. The van der Waals surface area contributed by atoms with E-state index in [0.717, 1.165) is 106 Å². The Morgan fingerprint density at radius 3 is 1.61 bits per heavy atom. The maximum absolute atomic E-state index is 14.8. The number of benzene rings is 6. The van der Waals surface area contributed by atoms with Crippen molar-refractivity contribution in [1.82, 2.24) is 29.8 Å². The monoisotopic (exact) mass is 1790 g/mol. The zero-order valence-corrected chi connectivity index (χ0v) is 74.4. The Morgan fingerprint density at radius 2 is 1.07 bits per heavy atom. The van der Waals surface area contributed by atoms with Crippen LogP contribution in [0.5, 0.6) is 0 Å². The molecule has 8 heterocycles. The normalized spacial score (nSPS) is 13.0. The second-order valence-electron chi connectivity index (χ2n) is 31.7. The first-order chi connectivity index (χ1) is 62.3. The Hall–Kier alpha value is -14.3. The molecule has 8 aromatic heterocycles. The van der Waals surface area contributed by atoms with Crippen LogP contribution in [0.3, 0.4) is 0 Å². The average molecular weight is 1790 g/mol. The van der Waals surface area contributed by atoms with Crippen molar-refractivity contribution in [3.8, 4) is 0 Å². The molecule has 0 bridgehead atoms. The molecule has 1 aliphatic rings. The van der Waals surface area contributed by atoms with Crippen LogP contribution < -0.4 is 62.2 Å². The number of guanidine groups is 5. The topological polar surface area (TPSA) is 485 Å². The Morgan fingerprint density at radius 1 is 0.535 bits per heavy atom. The predicted octanol–water partition coefficient (Wildman–Crippen LogP) is 14.9. The third-order valence-corrected chi connectivity index (χ3v) is 24.5. The molecule has 0 saturated heterocycles. The van der Waals surface area contributed by atoms with Crippen molar-refractivity contribution in [2.75, 3.05) is 37.3 Å². The van der Waals surface area contributed by atoms with Crippen molar-refractivity contribution in [3.05, 3.63) is 303 Å². The van der Waals surface area contributed by atoms with E-state index in [9.17, 15) is 28.4 Å². The number of halogens is 1. The van der Waals surface area contributed by atoms with Gasteiger partial charge in [0.2, 0.25) is 11.8 Å². The number of amides is 2. The summed E-state index contributed by atoms with van der Waals surface area (Å²) in [6.45, 7) is 3.01. The number of aliphatic imine (C=N–C) groups is 4. The molecule has 0 aliphatic heterocycles. The Labute approximate surface area is 760 Å². The number of carbonyl (C=O) groups excluding carboxylic acids is 5. The summed E-state index contributed by atoms with van der Waals surface area (Å²) in [6, 6.07) is 54.0. The van der Waals surface area contributed by atoms with Crippen LogP contribution in [-0.2, 0) is 49.7 Å². The van der Waals surface area contributed by atoms with E-state index >= 15 is 0 Å². The van der Waals surface area contributed by atoms with Gasteiger partial charge in [-0.05, 0) is 193 Å². The molecule has 1 saturated carbocycles. The number of hydrogen-bond donors (Lipinski definition) is 12. The summed E-state index contributed by atoms with van der Waals surface area (Å²) in [7, 11) is 1.65. The first-order valence-corrected chi connectivity index (χ1v) is 45.1. The molecule has 129 heavy (non-hydrogen) atoms. The summed E-state index contributed by atoms with van der Waals surface area (Å²) >= 11 is 4.77. The number of aromatic nitrogens is 5. The lowest BCUT2D eigenvalue weighted by Gasteiger charge is -2.24. The number of Topliss-reactive ketones (excluding diaryl/α,β-unsaturated/α-hetero) is 3. The van der Waals surface area contributed by atoms with Crippen LogP contribution in [0.1, 0.15) is 121 Å². The molecule has 27 nitrogen and oxygen atoms in total. The minimum atomic E-state index is -0.510. The number of nitrogens with zero attached hydrogens (tertiary/aromatic N) is 10. The van der Waals surface area contributed by atoms with E-state index in [0.29, 0.717) is 81.1 Å². The molecular formula is C98H109FN22O5S3. The van der Waals surface area contributed by atoms with E-state index in [1.165, 1.54) is 30.0 Å². The summed E-state index contributed by atoms with van der Waals surface area (Å²) < 4.78 is 14.8. The smallest absolute Gasteiger partial charge is 0.229 e. The number of nitrogens with two attached hydrogens (primary N) is 9. The molecule has 6 aromatic carbocycles. The van der Waals surface area contributed by atoms with Gasteiger partial charge in [-0.15, -0.1) is 11.3 Å². The minimum absolute atomic E-state index is 0.0313. The van der Waals surface area contributed by atoms with E-state index in [4.69, 9.17) is 57.0 Å². The van der Waals surface area contributed by atoms with E-state index in [-0.39, 0.29) is 101 Å². The van der Waals surface area contributed by atoms with Gasteiger partial charge in [-0.25, -0.2) is 9.38 Å². The zero-order valence-electron chi connectivity index (χ0n) is 72.0. The van der Waals surface area contributed by atoms with Gasteiger partial charge in [-0.1, -0.05) is 123 Å².